The van der Waals surface area contributed by atoms with Crippen molar-refractivity contribution in [2.24, 2.45) is 5.92 Å². The van der Waals surface area contributed by atoms with Crippen LogP contribution in [0.25, 0.3) is 0 Å². The molecule has 1 nitrogen and oxygen atoms in total. The SMILES string of the molecule is Cl.Clc1ccc(C(CC2CCCCC2)C2CCCCN2)cc1. The van der Waals surface area contributed by atoms with Crippen LogP contribution in [0.15, 0.2) is 24.3 Å². The number of nitrogens with one attached hydrogen (secondary N) is 1. The van der Waals surface area contributed by atoms with E-state index in [1.165, 1.54) is 69.9 Å². The van der Waals surface area contributed by atoms with Gasteiger partial charge < -0.3 is 5.32 Å². The van der Waals surface area contributed by atoms with Crippen molar-refractivity contribution in [3.8, 4) is 0 Å². The Kier molecular flexibility index (Phi) is 7.53. The average molecular weight is 342 g/mol. The van der Waals surface area contributed by atoms with Crippen LogP contribution >= 0.6 is 24.0 Å². The van der Waals surface area contributed by atoms with E-state index in [0.29, 0.717) is 12.0 Å². The molecule has 2 unspecified atom stereocenters. The van der Waals surface area contributed by atoms with Gasteiger partial charge in [-0.15, -0.1) is 12.4 Å². The molecule has 1 aromatic carbocycles. The van der Waals surface area contributed by atoms with Gasteiger partial charge in [0.2, 0.25) is 0 Å². The molecule has 2 fully saturated rings. The minimum atomic E-state index is 0. The van der Waals surface area contributed by atoms with Gasteiger partial charge in [0.1, 0.15) is 0 Å². The van der Waals surface area contributed by atoms with Crippen molar-refractivity contribution in [2.45, 2.75) is 69.7 Å². The molecule has 1 aromatic rings. The lowest BCUT2D eigenvalue weighted by molar-refractivity contribution is 0.267. The summed E-state index contributed by atoms with van der Waals surface area (Å²) < 4.78 is 0. The number of rotatable bonds is 4. The van der Waals surface area contributed by atoms with Crippen molar-refractivity contribution < 1.29 is 0 Å². The highest BCUT2D eigenvalue weighted by atomic mass is 35.5. The van der Waals surface area contributed by atoms with Crippen molar-refractivity contribution in [1.29, 1.82) is 0 Å². The standard InChI is InChI=1S/C19H28ClN.ClH/c20-17-11-9-16(10-12-17)18(19-8-4-5-13-21-19)14-15-6-2-1-3-7-15;/h9-12,15,18-19,21H,1-8,13-14H2;1H. The summed E-state index contributed by atoms with van der Waals surface area (Å²) in [7, 11) is 0. The van der Waals surface area contributed by atoms with Gasteiger partial charge in [0, 0.05) is 11.1 Å². The molecular weight excluding hydrogens is 313 g/mol. The summed E-state index contributed by atoms with van der Waals surface area (Å²) in [4.78, 5) is 0. The Morgan fingerprint density at radius 1 is 0.955 bits per heavy atom. The van der Waals surface area contributed by atoms with Crippen LogP contribution in [0.5, 0.6) is 0 Å². The van der Waals surface area contributed by atoms with Crippen LogP contribution < -0.4 is 5.32 Å². The van der Waals surface area contributed by atoms with Gasteiger partial charge in [-0.05, 0) is 55.3 Å². The summed E-state index contributed by atoms with van der Waals surface area (Å²) in [5.41, 5.74) is 1.49. The molecule has 1 saturated carbocycles. The van der Waals surface area contributed by atoms with Gasteiger partial charge in [-0.3, -0.25) is 0 Å². The minimum Gasteiger partial charge on any atom is -0.313 e. The highest BCUT2D eigenvalue weighted by Gasteiger charge is 2.28. The third-order valence-electron chi connectivity index (χ3n) is 5.44. The van der Waals surface area contributed by atoms with Crippen LogP contribution in [0.4, 0.5) is 0 Å². The fourth-order valence-corrected chi connectivity index (χ4v) is 4.37. The Bertz CT molecular complexity index is 420. The van der Waals surface area contributed by atoms with E-state index in [-0.39, 0.29) is 12.4 Å². The molecule has 1 aliphatic heterocycles. The molecule has 3 rings (SSSR count). The van der Waals surface area contributed by atoms with E-state index in [4.69, 9.17) is 11.6 Å². The molecule has 2 aliphatic rings. The molecule has 22 heavy (non-hydrogen) atoms. The molecule has 0 bridgehead atoms. The molecule has 0 radical (unpaired) electrons. The van der Waals surface area contributed by atoms with Crippen LogP contribution in [0.1, 0.15) is 69.3 Å². The van der Waals surface area contributed by atoms with E-state index < -0.39 is 0 Å². The van der Waals surface area contributed by atoms with Crippen molar-refractivity contribution >= 4 is 24.0 Å². The normalized spacial score (nSPS) is 24.5. The monoisotopic (exact) mass is 341 g/mol. The van der Waals surface area contributed by atoms with Crippen LogP contribution in [-0.4, -0.2) is 12.6 Å². The Hall–Kier alpha value is -0.240. The molecule has 1 saturated heterocycles. The van der Waals surface area contributed by atoms with Gasteiger partial charge in [-0.2, -0.15) is 0 Å². The maximum atomic E-state index is 6.08. The molecule has 3 heteroatoms. The van der Waals surface area contributed by atoms with Crippen LogP contribution in [0.2, 0.25) is 5.02 Å². The summed E-state index contributed by atoms with van der Waals surface area (Å²) in [6.45, 7) is 1.19. The summed E-state index contributed by atoms with van der Waals surface area (Å²) in [6.07, 6.45) is 12.6. The fourth-order valence-electron chi connectivity index (χ4n) is 4.25. The molecule has 0 spiro atoms. The quantitative estimate of drug-likeness (QED) is 0.712. The first-order valence-electron chi connectivity index (χ1n) is 8.82. The van der Waals surface area contributed by atoms with Crippen molar-refractivity contribution in [3.05, 3.63) is 34.9 Å². The zero-order valence-electron chi connectivity index (χ0n) is 13.4. The zero-order chi connectivity index (χ0) is 14.5. The number of hydrogen-bond donors (Lipinski definition) is 1. The first kappa shape index (κ1) is 18.1. The molecule has 0 aromatic heterocycles. The molecule has 1 N–H and O–H groups in total. The van der Waals surface area contributed by atoms with E-state index in [1.54, 1.807) is 0 Å². The molecule has 0 amide bonds. The van der Waals surface area contributed by atoms with Crippen molar-refractivity contribution in [1.82, 2.24) is 5.32 Å². The molecule has 124 valence electrons. The van der Waals surface area contributed by atoms with Crippen LogP contribution in [0, 0.1) is 5.92 Å². The predicted molar refractivity (Wildman–Crippen MR) is 98.3 cm³/mol. The van der Waals surface area contributed by atoms with Gasteiger partial charge in [-0.25, -0.2) is 0 Å². The fraction of sp³-hybridized carbons (Fsp3) is 0.684. The Balaban J connectivity index is 0.00000176. The van der Waals surface area contributed by atoms with Gasteiger partial charge in [0.15, 0.2) is 0 Å². The number of hydrogen-bond acceptors (Lipinski definition) is 1. The first-order valence-corrected chi connectivity index (χ1v) is 9.19. The Labute approximate surface area is 146 Å². The third kappa shape index (κ3) is 4.88. The maximum Gasteiger partial charge on any atom is 0.0406 e. The Morgan fingerprint density at radius 3 is 2.27 bits per heavy atom. The summed E-state index contributed by atoms with van der Waals surface area (Å²) in [6, 6.07) is 9.31. The van der Waals surface area contributed by atoms with Gasteiger partial charge in [0.05, 0.1) is 0 Å². The van der Waals surface area contributed by atoms with Crippen molar-refractivity contribution in [3.63, 3.8) is 0 Å². The van der Waals surface area contributed by atoms with Crippen LogP contribution in [0.3, 0.4) is 0 Å². The first-order chi connectivity index (χ1) is 10.3. The number of piperidine rings is 1. The van der Waals surface area contributed by atoms with Gasteiger partial charge >= 0.3 is 0 Å². The highest BCUT2D eigenvalue weighted by molar-refractivity contribution is 6.30. The largest absolute Gasteiger partial charge is 0.313 e. The van der Waals surface area contributed by atoms with Crippen LogP contribution in [-0.2, 0) is 0 Å². The molecular formula is C19H29Cl2N. The van der Waals surface area contributed by atoms with E-state index >= 15 is 0 Å². The second-order valence-electron chi connectivity index (χ2n) is 6.95. The molecule has 2 atom stereocenters. The lowest BCUT2D eigenvalue weighted by Gasteiger charge is -2.35. The number of benzene rings is 1. The topological polar surface area (TPSA) is 12.0 Å². The van der Waals surface area contributed by atoms with E-state index in [2.05, 4.69) is 29.6 Å². The van der Waals surface area contributed by atoms with E-state index in [1.807, 2.05) is 0 Å². The molecule has 1 aliphatic carbocycles. The summed E-state index contributed by atoms with van der Waals surface area (Å²) in [5.74, 6) is 1.61. The van der Waals surface area contributed by atoms with Crippen molar-refractivity contribution in [2.75, 3.05) is 6.54 Å². The highest BCUT2D eigenvalue weighted by Crippen LogP contribution is 2.37. The van der Waals surface area contributed by atoms with E-state index in [0.717, 1.165) is 10.9 Å². The smallest absolute Gasteiger partial charge is 0.0406 e. The lowest BCUT2D eigenvalue weighted by Crippen LogP contribution is -2.39. The number of halogens is 2. The lowest BCUT2D eigenvalue weighted by atomic mass is 9.76. The summed E-state index contributed by atoms with van der Waals surface area (Å²) in [5, 5.41) is 4.64. The second-order valence-corrected chi connectivity index (χ2v) is 7.39. The molecule has 1 heterocycles. The Morgan fingerprint density at radius 2 is 1.64 bits per heavy atom. The predicted octanol–water partition coefficient (Wildman–Crippen LogP) is 5.96. The third-order valence-corrected chi connectivity index (χ3v) is 5.70. The zero-order valence-corrected chi connectivity index (χ0v) is 15.0. The van der Waals surface area contributed by atoms with Gasteiger partial charge in [0.25, 0.3) is 0 Å². The average Bonchev–Trinajstić information content (AvgIpc) is 2.55. The van der Waals surface area contributed by atoms with E-state index in [9.17, 15) is 0 Å². The summed E-state index contributed by atoms with van der Waals surface area (Å²) >= 11 is 6.08. The maximum absolute atomic E-state index is 6.08. The minimum absolute atomic E-state index is 0. The second kappa shape index (κ2) is 9.15. The van der Waals surface area contributed by atoms with Gasteiger partial charge in [-0.1, -0.05) is 62.3 Å².